The van der Waals surface area contributed by atoms with Gasteiger partial charge in [-0.05, 0) is 31.9 Å². The molecule has 0 aliphatic heterocycles. The van der Waals surface area contributed by atoms with Gasteiger partial charge in [-0.1, -0.05) is 15.6 Å². The molecule has 1 unspecified atom stereocenters. The van der Waals surface area contributed by atoms with Gasteiger partial charge in [0.25, 0.3) is 6.09 Å². The predicted octanol–water partition coefficient (Wildman–Crippen LogP) is 1.57. The maximum Gasteiger partial charge on any atom is 0.293 e. The third-order valence-electron chi connectivity index (χ3n) is 3.02. The number of carbonyl (C=O) groups excluding carboxylic acids is 1. The molecule has 1 atom stereocenters. The second-order valence-corrected chi connectivity index (χ2v) is 3.96. The van der Waals surface area contributed by atoms with E-state index in [2.05, 4.69) is 5.29 Å². The molecule has 5 heteroatoms. The summed E-state index contributed by atoms with van der Waals surface area (Å²) >= 11 is 0. The molecule has 0 spiro atoms. The molecule has 0 aliphatic carbocycles. The molecule has 86 valence electrons. The lowest BCUT2D eigenvalue weighted by molar-refractivity contribution is -0.263. The monoisotopic (exact) mass is 222 g/mol. The minimum Gasteiger partial charge on any atom is -0.496 e. The highest BCUT2D eigenvalue weighted by molar-refractivity contribution is 5.79. The Morgan fingerprint density at radius 3 is 2.25 bits per heavy atom. The van der Waals surface area contributed by atoms with E-state index in [1.165, 1.54) is 7.05 Å². The minimum absolute atomic E-state index is 0.332. The molecule has 1 aromatic carbocycles. The molecular weight excluding hydrogens is 208 g/mol. The average molecular weight is 222 g/mol. The van der Waals surface area contributed by atoms with Gasteiger partial charge in [-0.3, -0.25) is 0 Å². The average Bonchev–Trinajstić information content (AvgIpc) is 2.25. The summed E-state index contributed by atoms with van der Waals surface area (Å²) in [6.07, 6.45) is -1.54. The number of hydrogen-bond donors (Lipinski definition) is 0. The molecule has 1 aromatic rings. The second-order valence-electron chi connectivity index (χ2n) is 3.96. The van der Waals surface area contributed by atoms with Gasteiger partial charge in [0, 0.05) is 11.6 Å². The highest BCUT2D eigenvalue weighted by Gasteiger charge is 2.32. The third-order valence-corrected chi connectivity index (χ3v) is 3.02. The fraction of sp³-hybridized carbons (Fsp3) is 0.364. The number of amides is 1. The molecule has 5 nitrogen and oxygen atoms in total. The molecule has 0 fully saturated rings. The number of benzene rings is 1. The minimum atomic E-state index is -1.54. The van der Waals surface area contributed by atoms with Crippen molar-refractivity contribution in [2.75, 3.05) is 7.05 Å². The van der Waals surface area contributed by atoms with E-state index >= 15 is 0 Å². The normalized spacial score (nSPS) is 14.2. The predicted molar refractivity (Wildman–Crippen MR) is 59.6 cm³/mol. The zero-order chi connectivity index (χ0) is 12.5. The number of carbonyl (C=O) groups is 1. The standard InChI is InChI=1S/C11H14N2O3/c1-7-5-6-10(9(3)8(7)2)13(4,12-16)11(14)15/h5-6H,1-4H3. The summed E-state index contributed by atoms with van der Waals surface area (Å²) in [7, 11) is 1.19. The molecule has 1 rings (SSSR count). The van der Waals surface area contributed by atoms with E-state index in [1.54, 1.807) is 19.1 Å². The summed E-state index contributed by atoms with van der Waals surface area (Å²) in [5.74, 6) is 0. The zero-order valence-corrected chi connectivity index (χ0v) is 9.77. The molecule has 0 N–H and O–H groups in total. The van der Waals surface area contributed by atoms with Gasteiger partial charge >= 0.3 is 0 Å². The van der Waals surface area contributed by atoms with E-state index in [9.17, 15) is 14.8 Å². The topological polar surface area (TPSA) is 69.6 Å². The number of nitroso groups, excluding NO2 is 1. The number of rotatable bonds is 2. The van der Waals surface area contributed by atoms with Crippen molar-refractivity contribution in [2.24, 2.45) is 5.29 Å². The van der Waals surface area contributed by atoms with Crippen molar-refractivity contribution in [3.63, 3.8) is 0 Å². The largest absolute Gasteiger partial charge is 0.496 e. The van der Waals surface area contributed by atoms with Crippen molar-refractivity contribution >= 4 is 11.8 Å². The van der Waals surface area contributed by atoms with E-state index in [-0.39, 0.29) is 0 Å². The van der Waals surface area contributed by atoms with E-state index in [0.29, 0.717) is 5.69 Å². The molecule has 0 aromatic heterocycles. The quantitative estimate of drug-likeness (QED) is 0.433. The molecule has 1 amide bonds. The maximum absolute atomic E-state index is 11.0. The van der Waals surface area contributed by atoms with Gasteiger partial charge in [0.1, 0.15) is 7.05 Å². The first-order chi connectivity index (χ1) is 7.34. The van der Waals surface area contributed by atoms with E-state index in [4.69, 9.17) is 0 Å². The van der Waals surface area contributed by atoms with Gasteiger partial charge < -0.3 is 9.90 Å². The van der Waals surface area contributed by atoms with Gasteiger partial charge in [0.05, 0.1) is 0 Å². The van der Waals surface area contributed by atoms with Crippen molar-refractivity contribution in [2.45, 2.75) is 20.8 Å². The van der Waals surface area contributed by atoms with Gasteiger partial charge in [-0.25, -0.2) is 0 Å². The molecule has 16 heavy (non-hydrogen) atoms. The van der Waals surface area contributed by atoms with Crippen LogP contribution in [0.2, 0.25) is 0 Å². The van der Waals surface area contributed by atoms with Crippen molar-refractivity contribution in [3.8, 4) is 0 Å². The Balaban J connectivity index is 3.50. The lowest BCUT2D eigenvalue weighted by Gasteiger charge is -2.24. The van der Waals surface area contributed by atoms with Crippen LogP contribution in [0.1, 0.15) is 16.7 Å². The first-order valence-corrected chi connectivity index (χ1v) is 4.85. The lowest BCUT2D eigenvalue weighted by Crippen LogP contribution is -2.53. The van der Waals surface area contributed by atoms with Gasteiger partial charge in [-0.2, -0.15) is 0 Å². The van der Waals surface area contributed by atoms with Crippen LogP contribution in [0.3, 0.4) is 0 Å². The van der Waals surface area contributed by atoms with Crippen LogP contribution >= 0.6 is 0 Å². The number of nitrogens with zero attached hydrogens (tertiary/aromatic N) is 2. The highest BCUT2D eigenvalue weighted by atomic mass is 16.4. The van der Waals surface area contributed by atoms with Gasteiger partial charge in [-0.15, -0.1) is 0 Å². The zero-order valence-electron chi connectivity index (χ0n) is 9.77. The summed E-state index contributed by atoms with van der Waals surface area (Å²) in [4.78, 5) is 21.7. The van der Waals surface area contributed by atoms with Crippen molar-refractivity contribution in [1.29, 1.82) is 0 Å². The van der Waals surface area contributed by atoms with Crippen molar-refractivity contribution in [3.05, 3.63) is 33.7 Å². The fourth-order valence-electron chi connectivity index (χ4n) is 1.59. The highest BCUT2D eigenvalue weighted by Crippen LogP contribution is 2.29. The maximum atomic E-state index is 11.0. The van der Waals surface area contributed by atoms with Crippen LogP contribution in [0.25, 0.3) is 0 Å². The van der Waals surface area contributed by atoms with Crippen molar-refractivity contribution in [1.82, 2.24) is 4.59 Å². The Bertz CT molecular complexity index is 457. The lowest BCUT2D eigenvalue weighted by atomic mass is 10.0. The van der Waals surface area contributed by atoms with E-state index in [1.807, 2.05) is 13.8 Å². The number of hydrogen-bond acceptors (Lipinski definition) is 4. The van der Waals surface area contributed by atoms with Crippen LogP contribution in [-0.2, 0) is 0 Å². The summed E-state index contributed by atoms with van der Waals surface area (Å²) in [6, 6.07) is 3.36. The van der Waals surface area contributed by atoms with Crippen LogP contribution in [0.4, 0.5) is 10.5 Å². The Morgan fingerprint density at radius 2 is 1.81 bits per heavy atom. The van der Waals surface area contributed by atoms with Crippen LogP contribution in [0, 0.1) is 25.7 Å². The summed E-state index contributed by atoms with van der Waals surface area (Å²) < 4.78 is -1.10. The summed E-state index contributed by atoms with van der Waals surface area (Å²) in [5.41, 5.74) is 3.06. The molecule has 0 aliphatic rings. The first kappa shape index (κ1) is 12.3. The van der Waals surface area contributed by atoms with E-state index < -0.39 is 10.7 Å². The van der Waals surface area contributed by atoms with Crippen LogP contribution in [-0.4, -0.2) is 13.1 Å². The van der Waals surface area contributed by atoms with Crippen molar-refractivity contribution < 1.29 is 9.90 Å². The molecule has 0 heterocycles. The Labute approximate surface area is 93.8 Å². The number of aryl methyl sites for hydroxylation is 1. The van der Waals surface area contributed by atoms with Crippen LogP contribution < -0.4 is 9.70 Å². The number of carboxylic acid groups (broad SMARTS) is 1. The molecular formula is C11H14N2O3. The Hall–Kier alpha value is -1.75. The van der Waals surface area contributed by atoms with Gasteiger partial charge in [0.15, 0.2) is 11.0 Å². The smallest absolute Gasteiger partial charge is 0.293 e. The summed E-state index contributed by atoms with van der Waals surface area (Å²) in [6.45, 7) is 5.56. The van der Waals surface area contributed by atoms with E-state index in [0.717, 1.165) is 16.7 Å². The molecule has 0 bridgehead atoms. The Morgan fingerprint density at radius 1 is 1.25 bits per heavy atom. The first-order valence-electron chi connectivity index (χ1n) is 4.85. The summed E-state index contributed by atoms with van der Waals surface area (Å²) in [5, 5.41) is 13.6. The SMILES string of the molecule is Cc1ccc([N+](C)(N=O)C(=O)[O-])c(C)c1C. The molecule has 0 radical (unpaired) electrons. The second kappa shape index (κ2) is 4.02. The Kier molecular flexibility index (Phi) is 3.09. The molecule has 0 saturated heterocycles. The molecule has 0 saturated carbocycles. The van der Waals surface area contributed by atoms with Crippen LogP contribution in [0.15, 0.2) is 17.4 Å². The fourth-order valence-corrected chi connectivity index (χ4v) is 1.59. The van der Waals surface area contributed by atoms with Crippen LogP contribution in [0.5, 0.6) is 0 Å². The third kappa shape index (κ3) is 1.69. The number of quaternary nitrogens is 1. The van der Waals surface area contributed by atoms with Gasteiger partial charge in [0.2, 0.25) is 0 Å².